The molecule has 0 radical (unpaired) electrons. The van der Waals surface area contributed by atoms with E-state index in [2.05, 4.69) is 10.6 Å². The molecule has 0 rings (SSSR count). The van der Waals surface area contributed by atoms with Crippen LogP contribution in [-0.4, -0.2) is 35.5 Å². The maximum Gasteiger partial charge on any atom is 0.326 e. The molecule has 1 atom stereocenters. The molecule has 1 unspecified atom stereocenters. The lowest BCUT2D eigenvalue weighted by molar-refractivity contribution is -0.142. The third-order valence-corrected chi connectivity index (χ3v) is 2.74. The van der Waals surface area contributed by atoms with Crippen molar-refractivity contribution in [2.24, 2.45) is 11.8 Å². The molecule has 0 spiro atoms. The number of carboxylic acid groups (broad SMARTS) is 1. The van der Waals surface area contributed by atoms with Crippen LogP contribution in [0.4, 0.5) is 0 Å². The Morgan fingerprint density at radius 3 is 2.05 bits per heavy atom. The summed E-state index contributed by atoms with van der Waals surface area (Å²) in [5, 5.41) is 13.9. The van der Waals surface area contributed by atoms with Crippen LogP contribution in [-0.2, 0) is 14.4 Å². The molecule has 6 heteroatoms. The Balaban J connectivity index is 4.07. The van der Waals surface area contributed by atoms with Crippen molar-refractivity contribution in [1.82, 2.24) is 10.6 Å². The van der Waals surface area contributed by atoms with Crippen LogP contribution in [0.5, 0.6) is 0 Å². The van der Waals surface area contributed by atoms with Crippen LogP contribution in [0.3, 0.4) is 0 Å². The minimum Gasteiger partial charge on any atom is -0.480 e. The maximum absolute atomic E-state index is 11.6. The van der Waals surface area contributed by atoms with Crippen LogP contribution in [0.15, 0.2) is 0 Å². The molecule has 20 heavy (non-hydrogen) atoms. The summed E-state index contributed by atoms with van der Waals surface area (Å²) >= 11 is 0. The normalized spacial score (nSPS) is 12.3. The van der Waals surface area contributed by atoms with Crippen LogP contribution in [0, 0.1) is 11.8 Å². The van der Waals surface area contributed by atoms with E-state index in [1.165, 1.54) is 0 Å². The summed E-state index contributed by atoms with van der Waals surface area (Å²) in [4.78, 5) is 34.0. The zero-order valence-electron chi connectivity index (χ0n) is 12.7. The molecule has 0 aliphatic carbocycles. The lowest BCUT2D eigenvalue weighted by Crippen LogP contribution is -2.46. The lowest BCUT2D eigenvalue weighted by Gasteiger charge is -2.16. The molecule has 116 valence electrons. The number of carboxylic acids is 1. The van der Waals surface area contributed by atoms with Crippen molar-refractivity contribution < 1.29 is 19.5 Å². The quantitative estimate of drug-likeness (QED) is 0.592. The van der Waals surface area contributed by atoms with Crippen molar-refractivity contribution in [3.8, 4) is 0 Å². The topological polar surface area (TPSA) is 95.5 Å². The van der Waals surface area contributed by atoms with E-state index < -0.39 is 17.9 Å². The summed E-state index contributed by atoms with van der Waals surface area (Å²) < 4.78 is 0. The van der Waals surface area contributed by atoms with Gasteiger partial charge < -0.3 is 15.7 Å². The molecule has 0 bridgehead atoms. The van der Waals surface area contributed by atoms with E-state index in [1.807, 2.05) is 27.7 Å². The molecule has 2 amide bonds. The SMILES string of the molecule is CC(C)CCC(=O)NCC(=O)NC(CC(C)C)C(=O)O. The maximum atomic E-state index is 11.6. The van der Waals surface area contributed by atoms with Crippen LogP contribution in [0.2, 0.25) is 0 Å². The van der Waals surface area contributed by atoms with Crippen LogP contribution in [0.25, 0.3) is 0 Å². The Labute approximate surface area is 120 Å². The monoisotopic (exact) mass is 286 g/mol. The highest BCUT2D eigenvalue weighted by atomic mass is 16.4. The predicted molar refractivity (Wildman–Crippen MR) is 76.1 cm³/mol. The van der Waals surface area contributed by atoms with E-state index in [0.29, 0.717) is 18.8 Å². The fourth-order valence-electron chi connectivity index (χ4n) is 1.63. The van der Waals surface area contributed by atoms with Gasteiger partial charge in [0.05, 0.1) is 6.54 Å². The third kappa shape index (κ3) is 9.35. The average molecular weight is 286 g/mol. The zero-order valence-corrected chi connectivity index (χ0v) is 12.7. The van der Waals surface area contributed by atoms with Gasteiger partial charge in [-0.25, -0.2) is 4.79 Å². The molecule has 0 aromatic rings. The number of hydrogen-bond donors (Lipinski definition) is 3. The highest BCUT2D eigenvalue weighted by molar-refractivity contribution is 5.87. The number of carbonyl (C=O) groups excluding carboxylic acids is 2. The average Bonchev–Trinajstić information content (AvgIpc) is 2.32. The van der Waals surface area contributed by atoms with E-state index in [4.69, 9.17) is 5.11 Å². The van der Waals surface area contributed by atoms with Gasteiger partial charge in [0.2, 0.25) is 11.8 Å². The van der Waals surface area contributed by atoms with Gasteiger partial charge in [0.25, 0.3) is 0 Å². The molecule has 0 aliphatic heterocycles. The second kappa shape index (κ2) is 9.34. The zero-order chi connectivity index (χ0) is 15.7. The fourth-order valence-corrected chi connectivity index (χ4v) is 1.63. The Morgan fingerprint density at radius 1 is 1.00 bits per heavy atom. The molecule has 0 saturated carbocycles. The van der Waals surface area contributed by atoms with Crippen LogP contribution in [0.1, 0.15) is 47.0 Å². The van der Waals surface area contributed by atoms with Crippen molar-refractivity contribution in [3.63, 3.8) is 0 Å². The number of aliphatic carboxylic acids is 1. The largest absolute Gasteiger partial charge is 0.480 e. The Bertz CT molecular complexity index is 340. The lowest BCUT2D eigenvalue weighted by atomic mass is 10.0. The summed E-state index contributed by atoms with van der Waals surface area (Å²) in [6.07, 6.45) is 1.50. The molecular weight excluding hydrogens is 260 g/mol. The van der Waals surface area contributed by atoms with Crippen molar-refractivity contribution in [1.29, 1.82) is 0 Å². The van der Waals surface area contributed by atoms with Crippen LogP contribution < -0.4 is 10.6 Å². The van der Waals surface area contributed by atoms with Gasteiger partial charge in [0.1, 0.15) is 6.04 Å². The Hall–Kier alpha value is -1.59. The molecule has 0 aliphatic rings. The number of carbonyl (C=O) groups is 3. The molecule has 0 aromatic carbocycles. The molecule has 0 heterocycles. The highest BCUT2D eigenvalue weighted by Gasteiger charge is 2.21. The van der Waals surface area contributed by atoms with Crippen LogP contribution >= 0.6 is 0 Å². The first-order valence-electron chi connectivity index (χ1n) is 7.01. The summed E-state index contributed by atoms with van der Waals surface area (Å²) in [5.41, 5.74) is 0. The summed E-state index contributed by atoms with van der Waals surface area (Å²) in [7, 11) is 0. The number of nitrogens with one attached hydrogen (secondary N) is 2. The van der Waals surface area contributed by atoms with Gasteiger partial charge in [0.15, 0.2) is 0 Å². The van der Waals surface area contributed by atoms with Crippen molar-refractivity contribution in [2.75, 3.05) is 6.54 Å². The minimum atomic E-state index is -1.06. The Kier molecular flexibility index (Phi) is 8.59. The first kappa shape index (κ1) is 18.4. The van der Waals surface area contributed by atoms with Crippen molar-refractivity contribution in [3.05, 3.63) is 0 Å². The fraction of sp³-hybridized carbons (Fsp3) is 0.786. The second-order valence-corrected chi connectivity index (χ2v) is 5.80. The summed E-state index contributed by atoms with van der Waals surface area (Å²) in [5.74, 6) is -1.13. The second-order valence-electron chi connectivity index (χ2n) is 5.80. The van der Waals surface area contributed by atoms with E-state index in [0.717, 1.165) is 6.42 Å². The molecule has 0 fully saturated rings. The molecule has 6 nitrogen and oxygen atoms in total. The van der Waals surface area contributed by atoms with Gasteiger partial charge in [-0.3, -0.25) is 9.59 Å². The van der Waals surface area contributed by atoms with Crippen molar-refractivity contribution >= 4 is 17.8 Å². The van der Waals surface area contributed by atoms with Gasteiger partial charge >= 0.3 is 5.97 Å². The first-order chi connectivity index (χ1) is 9.22. The first-order valence-corrected chi connectivity index (χ1v) is 7.01. The molecule has 0 saturated heterocycles. The standard InChI is InChI=1S/C14H26N2O4/c1-9(2)5-6-12(17)15-8-13(18)16-11(14(19)20)7-10(3)4/h9-11H,5-8H2,1-4H3,(H,15,17)(H,16,18)(H,19,20). The third-order valence-electron chi connectivity index (χ3n) is 2.74. The summed E-state index contributed by atoms with van der Waals surface area (Å²) in [6.45, 7) is 7.62. The van der Waals surface area contributed by atoms with E-state index >= 15 is 0 Å². The highest BCUT2D eigenvalue weighted by Crippen LogP contribution is 2.05. The number of rotatable bonds is 9. The van der Waals surface area contributed by atoms with Gasteiger partial charge in [-0.2, -0.15) is 0 Å². The smallest absolute Gasteiger partial charge is 0.326 e. The summed E-state index contributed by atoms with van der Waals surface area (Å²) in [6, 6.07) is -0.907. The van der Waals surface area contributed by atoms with E-state index in [1.54, 1.807) is 0 Å². The van der Waals surface area contributed by atoms with Gasteiger partial charge in [-0.1, -0.05) is 27.7 Å². The predicted octanol–water partition coefficient (Wildman–Crippen LogP) is 1.15. The minimum absolute atomic E-state index is 0.164. The van der Waals surface area contributed by atoms with Gasteiger partial charge in [0, 0.05) is 6.42 Å². The number of hydrogen-bond acceptors (Lipinski definition) is 3. The van der Waals surface area contributed by atoms with Gasteiger partial charge in [-0.05, 0) is 24.7 Å². The Morgan fingerprint density at radius 2 is 1.60 bits per heavy atom. The molecule has 3 N–H and O–H groups in total. The number of amides is 2. The van der Waals surface area contributed by atoms with Crippen molar-refractivity contribution in [2.45, 2.75) is 53.0 Å². The molecule has 0 aromatic heterocycles. The van der Waals surface area contributed by atoms with E-state index in [9.17, 15) is 14.4 Å². The van der Waals surface area contributed by atoms with E-state index in [-0.39, 0.29) is 18.4 Å². The molecular formula is C14H26N2O4. The van der Waals surface area contributed by atoms with Gasteiger partial charge in [-0.15, -0.1) is 0 Å².